The van der Waals surface area contributed by atoms with Gasteiger partial charge >= 0.3 is 0 Å². The van der Waals surface area contributed by atoms with E-state index in [1.54, 1.807) is 32.2 Å². The Bertz CT molecular complexity index is 432. The number of para-hydroxylation sites is 1. The van der Waals surface area contributed by atoms with Crippen molar-refractivity contribution >= 4 is 11.6 Å². The Morgan fingerprint density at radius 1 is 1.25 bits per heavy atom. The van der Waals surface area contributed by atoms with Crippen LogP contribution in [0.25, 0.3) is 0 Å². The molecule has 0 saturated heterocycles. The minimum Gasteiger partial charge on any atom is -0.385 e. The molecule has 0 atom stereocenters. The summed E-state index contributed by atoms with van der Waals surface area (Å²) < 4.78 is 23.7. The Labute approximate surface area is 118 Å². The third-order valence-electron chi connectivity index (χ3n) is 2.91. The Hall–Kier alpha value is -1.66. The number of hydrogen-bond acceptors (Lipinski definition) is 4. The molecular formula is C14H21FN2O3. The number of nitrogens with zero attached hydrogens (tertiary/aromatic N) is 1. The van der Waals surface area contributed by atoms with Crippen molar-refractivity contribution < 1.29 is 18.7 Å². The first-order valence-corrected chi connectivity index (χ1v) is 6.39. The second-order valence-corrected chi connectivity index (χ2v) is 4.19. The van der Waals surface area contributed by atoms with Crippen LogP contribution >= 0.6 is 0 Å². The molecule has 1 rings (SSSR count). The normalized spacial score (nSPS) is 10.4. The number of methoxy groups -OCH3 is 2. The van der Waals surface area contributed by atoms with Gasteiger partial charge in [-0.25, -0.2) is 4.39 Å². The van der Waals surface area contributed by atoms with E-state index < -0.39 is 5.82 Å². The summed E-state index contributed by atoms with van der Waals surface area (Å²) in [5, 5.41) is 2.73. The fourth-order valence-electron chi connectivity index (χ4n) is 1.84. The number of carbonyl (C=O) groups is 1. The lowest BCUT2D eigenvalue weighted by Crippen LogP contribution is -2.36. The lowest BCUT2D eigenvalue weighted by Gasteiger charge is -2.23. The van der Waals surface area contributed by atoms with E-state index in [2.05, 4.69) is 5.32 Å². The highest BCUT2D eigenvalue weighted by molar-refractivity contribution is 5.99. The van der Waals surface area contributed by atoms with Gasteiger partial charge in [0.1, 0.15) is 5.82 Å². The Balaban J connectivity index is 2.95. The van der Waals surface area contributed by atoms with Crippen LogP contribution in [0, 0.1) is 5.82 Å². The molecule has 0 radical (unpaired) electrons. The summed E-state index contributed by atoms with van der Waals surface area (Å²) in [6.07, 6.45) is 0. The Morgan fingerprint density at radius 2 is 1.85 bits per heavy atom. The van der Waals surface area contributed by atoms with Gasteiger partial charge in [0.15, 0.2) is 0 Å². The largest absolute Gasteiger partial charge is 0.385 e. The highest BCUT2D eigenvalue weighted by Gasteiger charge is 2.20. The third-order valence-corrected chi connectivity index (χ3v) is 2.91. The second kappa shape index (κ2) is 8.50. The molecule has 0 spiro atoms. The van der Waals surface area contributed by atoms with Crippen molar-refractivity contribution in [3.8, 4) is 0 Å². The molecule has 1 amide bonds. The summed E-state index contributed by atoms with van der Waals surface area (Å²) in [6, 6.07) is 4.44. The molecule has 0 heterocycles. The molecule has 0 aliphatic carbocycles. The van der Waals surface area contributed by atoms with Crippen molar-refractivity contribution in [2.45, 2.75) is 0 Å². The molecule has 1 N–H and O–H groups in total. The fraction of sp³-hybridized carbons (Fsp3) is 0.500. The average Bonchev–Trinajstić information content (AvgIpc) is 2.46. The van der Waals surface area contributed by atoms with Gasteiger partial charge in [-0.2, -0.15) is 0 Å². The first-order valence-electron chi connectivity index (χ1n) is 6.39. The molecule has 112 valence electrons. The maximum atomic E-state index is 13.7. The third kappa shape index (κ3) is 4.18. The van der Waals surface area contributed by atoms with Crippen LogP contribution in [0.3, 0.4) is 0 Å². The smallest absolute Gasteiger partial charge is 0.256 e. The minimum absolute atomic E-state index is 0.206. The number of anilines is 1. The molecular weight excluding hydrogens is 263 g/mol. The van der Waals surface area contributed by atoms with Gasteiger partial charge in [0.25, 0.3) is 5.91 Å². The van der Waals surface area contributed by atoms with E-state index in [1.807, 2.05) is 0 Å². The standard InChI is InChI=1S/C14H21FN2O3/c1-16-13-11(5-4-6-12(13)15)14(18)17(7-9-19-2)8-10-20-3/h4-6,16H,7-10H2,1-3H3. The predicted molar refractivity (Wildman–Crippen MR) is 75.6 cm³/mol. The van der Waals surface area contributed by atoms with Gasteiger partial charge in [0.05, 0.1) is 24.5 Å². The second-order valence-electron chi connectivity index (χ2n) is 4.19. The van der Waals surface area contributed by atoms with Crippen LogP contribution in [-0.4, -0.2) is 58.4 Å². The molecule has 0 fully saturated rings. The van der Waals surface area contributed by atoms with E-state index >= 15 is 0 Å². The van der Waals surface area contributed by atoms with Crippen LogP contribution in [0.15, 0.2) is 18.2 Å². The Morgan fingerprint density at radius 3 is 2.35 bits per heavy atom. The van der Waals surface area contributed by atoms with Gasteiger partial charge in [0.2, 0.25) is 0 Å². The van der Waals surface area contributed by atoms with E-state index in [9.17, 15) is 9.18 Å². The van der Waals surface area contributed by atoms with Gasteiger partial charge in [0, 0.05) is 34.4 Å². The average molecular weight is 284 g/mol. The Kier molecular flexibility index (Phi) is 6.97. The quantitative estimate of drug-likeness (QED) is 0.788. The predicted octanol–water partition coefficient (Wildman–Crippen LogP) is 1.60. The van der Waals surface area contributed by atoms with E-state index in [1.165, 1.54) is 12.1 Å². The van der Waals surface area contributed by atoms with Crippen LogP contribution < -0.4 is 5.32 Å². The molecule has 1 aromatic carbocycles. The monoisotopic (exact) mass is 284 g/mol. The summed E-state index contributed by atoms with van der Waals surface area (Å²) in [6.45, 7) is 1.69. The zero-order valence-corrected chi connectivity index (χ0v) is 12.1. The topological polar surface area (TPSA) is 50.8 Å². The van der Waals surface area contributed by atoms with Gasteiger partial charge < -0.3 is 19.7 Å². The van der Waals surface area contributed by atoms with E-state index in [4.69, 9.17) is 9.47 Å². The number of halogens is 1. The molecule has 0 aliphatic rings. The zero-order valence-electron chi connectivity index (χ0n) is 12.1. The van der Waals surface area contributed by atoms with Crippen LogP contribution in [-0.2, 0) is 9.47 Å². The number of hydrogen-bond donors (Lipinski definition) is 1. The minimum atomic E-state index is -0.447. The fourth-order valence-corrected chi connectivity index (χ4v) is 1.84. The summed E-state index contributed by atoms with van der Waals surface area (Å²) >= 11 is 0. The lowest BCUT2D eigenvalue weighted by atomic mass is 10.1. The first kappa shape index (κ1) is 16.4. The molecule has 5 nitrogen and oxygen atoms in total. The SMILES string of the molecule is CNc1c(F)cccc1C(=O)N(CCOC)CCOC. The number of carbonyl (C=O) groups excluding carboxylic acids is 1. The number of ether oxygens (including phenoxy) is 2. The zero-order chi connectivity index (χ0) is 15.0. The van der Waals surface area contributed by atoms with Crippen molar-refractivity contribution in [1.82, 2.24) is 4.90 Å². The highest BCUT2D eigenvalue weighted by atomic mass is 19.1. The maximum absolute atomic E-state index is 13.7. The molecule has 6 heteroatoms. The van der Waals surface area contributed by atoms with Crippen molar-refractivity contribution in [1.29, 1.82) is 0 Å². The van der Waals surface area contributed by atoms with Gasteiger partial charge in [-0.1, -0.05) is 6.07 Å². The number of benzene rings is 1. The number of amides is 1. The van der Waals surface area contributed by atoms with Crippen molar-refractivity contribution in [3.63, 3.8) is 0 Å². The lowest BCUT2D eigenvalue weighted by molar-refractivity contribution is 0.0628. The molecule has 0 aromatic heterocycles. The molecule has 0 bridgehead atoms. The number of rotatable bonds is 8. The van der Waals surface area contributed by atoms with Gasteiger partial charge in [-0.3, -0.25) is 4.79 Å². The van der Waals surface area contributed by atoms with Crippen LogP contribution in [0.2, 0.25) is 0 Å². The van der Waals surface area contributed by atoms with Crippen molar-refractivity contribution in [3.05, 3.63) is 29.6 Å². The summed E-state index contributed by atoms with van der Waals surface area (Å²) in [4.78, 5) is 14.1. The van der Waals surface area contributed by atoms with Crippen LogP contribution in [0.4, 0.5) is 10.1 Å². The van der Waals surface area contributed by atoms with Crippen molar-refractivity contribution in [2.24, 2.45) is 0 Å². The molecule has 0 unspecified atom stereocenters. The van der Waals surface area contributed by atoms with Gasteiger partial charge in [-0.15, -0.1) is 0 Å². The van der Waals surface area contributed by atoms with Crippen LogP contribution in [0.1, 0.15) is 10.4 Å². The van der Waals surface area contributed by atoms with E-state index in [0.717, 1.165) is 0 Å². The van der Waals surface area contributed by atoms with E-state index in [-0.39, 0.29) is 11.6 Å². The highest BCUT2D eigenvalue weighted by Crippen LogP contribution is 2.20. The van der Waals surface area contributed by atoms with Crippen molar-refractivity contribution in [2.75, 3.05) is 52.9 Å². The number of nitrogens with one attached hydrogen (secondary N) is 1. The summed E-state index contributed by atoms with van der Waals surface area (Å²) in [5.74, 6) is -0.695. The van der Waals surface area contributed by atoms with Gasteiger partial charge in [-0.05, 0) is 12.1 Å². The van der Waals surface area contributed by atoms with Crippen LogP contribution in [0.5, 0.6) is 0 Å². The molecule has 0 saturated carbocycles. The molecule has 20 heavy (non-hydrogen) atoms. The summed E-state index contributed by atoms with van der Waals surface area (Å²) in [7, 11) is 4.73. The van der Waals surface area contributed by atoms with E-state index in [0.29, 0.717) is 31.9 Å². The summed E-state index contributed by atoms with van der Waals surface area (Å²) in [5.41, 5.74) is 0.511. The maximum Gasteiger partial charge on any atom is 0.256 e. The first-order chi connectivity index (χ1) is 9.65. The molecule has 0 aliphatic heterocycles. The molecule has 1 aromatic rings.